The lowest BCUT2D eigenvalue weighted by Crippen LogP contribution is -2.32. The lowest BCUT2D eigenvalue weighted by atomic mass is 9.71. The second-order valence-electron chi connectivity index (χ2n) is 8.44. The minimum absolute atomic E-state index is 0.0173. The lowest BCUT2D eigenvalue weighted by Gasteiger charge is -2.32. The maximum atomic E-state index is 12.9. The summed E-state index contributed by atoms with van der Waals surface area (Å²) < 4.78 is 47.1. The van der Waals surface area contributed by atoms with Crippen molar-refractivity contribution < 1.29 is 27.2 Å². The van der Waals surface area contributed by atoms with Crippen LogP contribution in [0.5, 0.6) is 5.75 Å². The minimum atomic E-state index is -4.53. The van der Waals surface area contributed by atoms with Gasteiger partial charge in [-0.1, -0.05) is 44.5 Å². The molecule has 1 unspecified atom stereocenters. The molecule has 2 aromatic rings. The van der Waals surface area contributed by atoms with Crippen LogP contribution in [0.25, 0.3) is 0 Å². The Labute approximate surface area is 171 Å². The molecule has 0 aromatic carbocycles. The number of ketones is 1. The van der Waals surface area contributed by atoms with E-state index in [4.69, 9.17) is 20.9 Å². The van der Waals surface area contributed by atoms with Gasteiger partial charge in [0.25, 0.3) is 0 Å². The van der Waals surface area contributed by atoms with Crippen LogP contribution in [0.2, 0.25) is 5.02 Å². The second-order valence-corrected chi connectivity index (χ2v) is 8.85. The number of carbonyl (C=O) groups is 1. The van der Waals surface area contributed by atoms with Gasteiger partial charge in [0.1, 0.15) is 16.5 Å². The molecular formula is C19H23ClF3N3O3. The van der Waals surface area contributed by atoms with E-state index in [-0.39, 0.29) is 28.3 Å². The first-order valence-corrected chi connectivity index (χ1v) is 9.25. The van der Waals surface area contributed by atoms with Gasteiger partial charge in [0.2, 0.25) is 5.89 Å². The highest BCUT2D eigenvalue weighted by Crippen LogP contribution is 2.39. The van der Waals surface area contributed by atoms with Crippen LogP contribution in [-0.4, -0.2) is 33.7 Å². The quantitative estimate of drug-likeness (QED) is 0.549. The van der Waals surface area contributed by atoms with Crippen molar-refractivity contribution in [2.45, 2.75) is 59.1 Å². The Morgan fingerprint density at radius 1 is 1.24 bits per heavy atom. The highest BCUT2D eigenvalue weighted by molar-refractivity contribution is 6.32. The highest BCUT2D eigenvalue weighted by atomic mass is 35.5. The molecule has 2 rings (SSSR count). The monoisotopic (exact) mass is 433 g/mol. The average molecular weight is 434 g/mol. The number of alkyl halides is 3. The van der Waals surface area contributed by atoms with Crippen LogP contribution in [0.4, 0.5) is 13.2 Å². The Kier molecular flexibility index (Phi) is 6.61. The number of halogens is 4. The Morgan fingerprint density at radius 2 is 1.90 bits per heavy atom. The number of ether oxygens (including phenoxy) is 1. The molecule has 0 aliphatic heterocycles. The van der Waals surface area contributed by atoms with Crippen LogP contribution in [-0.2, 0) is 5.41 Å². The number of rotatable bonds is 7. The second kappa shape index (κ2) is 8.30. The summed E-state index contributed by atoms with van der Waals surface area (Å²) in [6, 6.07) is 1.12. The minimum Gasteiger partial charge on any atom is -0.482 e. The average Bonchev–Trinajstić information content (AvgIpc) is 2.98. The van der Waals surface area contributed by atoms with E-state index in [2.05, 4.69) is 15.1 Å². The van der Waals surface area contributed by atoms with Crippen molar-refractivity contribution >= 4 is 17.4 Å². The SMILES string of the molecule is Cc1nc(C(C)(CC(=O)c2cc(OCC(F)(F)F)c(Cl)cn2)CC(C)(C)C)no1. The largest absolute Gasteiger partial charge is 0.482 e. The van der Waals surface area contributed by atoms with E-state index in [1.54, 1.807) is 6.92 Å². The number of aryl methyl sites for hydroxylation is 1. The molecule has 0 N–H and O–H groups in total. The number of pyridine rings is 1. The third-order valence-corrected chi connectivity index (χ3v) is 4.32. The van der Waals surface area contributed by atoms with Crippen LogP contribution in [0, 0.1) is 12.3 Å². The number of hydrogen-bond acceptors (Lipinski definition) is 6. The van der Waals surface area contributed by atoms with Gasteiger partial charge in [-0.25, -0.2) is 0 Å². The van der Waals surface area contributed by atoms with Gasteiger partial charge in [0, 0.05) is 24.8 Å². The van der Waals surface area contributed by atoms with Gasteiger partial charge < -0.3 is 9.26 Å². The Bertz CT molecular complexity index is 878. The highest BCUT2D eigenvalue weighted by Gasteiger charge is 2.38. The maximum Gasteiger partial charge on any atom is 0.422 e. The van der Waals surface area contributed by atoms with Crippen LogP contribution in [0.3, 0.4) is 0 Å². The fraction of sp³-hybridized carbons (Fsp3) is 0.579. The molecule has 0 bridgehead atoms. The zero-order valence-electron chi connectivity index (χ0n) is 16.9. The number of carbonyl (C=O) groups excluding carboxylic acids is 1. The molecule has 2 aromatic heterocycles. The van der Waals surface area contributed by atoms with E-state index >= 15 is 0 Å². The van der Waals surface area contributed by atoms with Crippen LogP contribution in [0.15, 0.2) is 16.8 Å². The summed E-state index contributed by atoms with van der Waals surface area (Å²) in [6.07, 6.45) is -2.88. The fourth-order valence-electron chi connectivity index (χ4n) is 3.22. The van der Waals surface area contributed by atoms with E-state index in [1.165, 1.54) is 0 Å². The molecule has 2 heterocycles. The molecule has 0 saturated heterocycles. The standard InChI is InChI=1S/C19H23ClF3N3O3/c1-11-25-16(26-29-11)18(5,9-17(2,3)4)7-14(27)13-6-15(12(20)8-24-13)28-10-19(21,22)23/h6,8H,7,9-10H2,1-5H3. The molecule has 160 valence electrons. The van der Waals surface area contributed by atoms with Gasteiger partial charge in [-0.2, -0.15) is 18.2 Å². The number of Topliss-reactive ketones (excluding diaryl/α,β-unsaturated/α-hetero) is 1. The van der Waals surface area contributed by atoms with Gasteiger partial charge in [-0.05, 0) is 11.8 Å². The van der Waals surface area contributed by atoms with E-state index in [0.717, 1.165) is 12.3 Å². The van der Waals surface area contributed by atoms with Crippen LogP contribution in [0.1, 0.15) is 62.7 Å². The molecule has 0 spiro atoms. The zero-order chi connectivity index (χ0) is 22.0. The molecular weight excluding hydrogens is 411 g/mol. The third kappa shape index (κ3) is 6.69. The van der Waals surface area contributed by atoms with Gasteiger partial charge >= 0.3 is 6.18 Å². The summed E-state index contributed by atoms with van der Waals surface area (Å²) in [5.74, 6) is 0.115. The molecule has 0 amide bonds. The van der Waals surface area contributed by atoms with Crippen molar-refractivity contribution in [3.63, 3.8) is 0 Å². The van der Waals surface area contributed by atoms with E-state index in [0.29, 0.717) is 18.1 Å². The van der Waals surface area contributed by atoms with E-state index in [1.807, 2.05) is 27.7 Å². The summed E-state index contributed by atoms with van der Waals surface area (Å²) in [7, 11) is 0. The predicted molar refractivity (Wildman–Crippen MR) is 100 cm³/mol. The molecule has 0 fully saturated rings. The summed E-state index contributed by atoms with van der Waals surface area (Å²) >= 11 is 5.85. The van der Waals surface area contributed by atoms with Crippen molar-refractivity contribution in [3.05, 3.63) is 34.7 Å². The molecule has 29 heavy (non-hydrogen) atoms. The molecule has 0 aliphatic rings. The van der Waals surface area contributed by atoms with Crippen LogP contribution >= 0.6 is 11.6 Å². The molecule has 1 atom stereocenters. The van der Waals surface area contributed by atoms with E-state index in [9.17, 15) is 18.0 Å². The molecule has 10 heteroatoms. The Balaban J connectivity index is 2.29. The summed E-state index contributed by atoms with van der Waals surface area (Å²) in [5, 5.41) is 3.86. The normalized spacial score (nSPS) is 14.5. The summed E-state index contributed by atoms with van der Waals surface area (Å²) in [6.45, 7) is 8.04. The molecule has 0 radical (unpaired) electrons. The smallest absolute Gasteiger partial charge is 0.422 e. The molecule has 0 aliphatic carbocycles. The van der Waals surface area contributed by atoms with Crippen LogP contribution < -0.4 is 4.74 Å². The van der Waals surface area contributed by atoms with Crippen molar-refractivity contribution in [2.24, 2.45) is 5.41 Å². The summed E-state index contributed by atoms with van der Waals surface area (Å²) in [4.78, 5) is 21.2. The summed E-state index contributed by atoms with van der Waals surface area (Å²) in [5.41, 5.74) is -0.966. The topological polar surface area (TPSA) is 78.1 Å². The molecule has 6 nitrogen and oxygen atoms in total. The first-order valence-electron chi connectivity index (χ1n) is 8.88. The Hall–Kier alpha value is -2.16. The lowest BCUT2D eigenvalue weighted by molar-refractivity contribution is -0.153. The van der Waals surface area contributed by atoms with Crippen molar-refractivity contribution in [3.8, 4) is 5.75 Å². The van der Waals surface area contributed by atoms with Crippen molar-refractivity contribution in [2.75, 3.05) is 6.61 Å². The zero-order valence-corrected chi connectivity index (χ0v) is 17.6. The van der Waals surface area contributed by atoms with E-state index < -0.39 is 24.0 Å². The fourth-order valence-corrected chi connectivity index (χ4v) is 3.38. The van der Waals surface area contributed by atoms with Gasteiger partial charge in [-0.15, -0.1) is 0 Å². The van der Waals surface area contributed by atoms with Gasteiger partial charge in [0.15, 0.2) is 18.2 Å². The number of aromatic nitrogens is 3. The van der Waals surface area contributed by atoms with Crippen molar-refractivity contribution in [1.29, 1.82) is 0 Å². The number of hydrogen-bond donors (Lipinski definition) is 0. The van der Waals surface area contributed by atoms with Gasteiger partial charge in [0.05, 0.1) is 6.20 Å². The van der Waals surface area contributed by atoms with Gasteiger partial charge in [-0.3, -0.25) is 9.78 Å². The molecule has 0 saturated carbocycles. The third-order valence-electron chi connectivity index (χ3n) is 4.04. The predicted octanol–water partition coefficient (Wildman–Crippen LogP) is 5.33. The number of nitrogens with zero attached hydrogens (tertiary/aromatic N) is 3. The Morgan fingerprint density at radius 3 is 2.41 bits per heavy atom. The van der Waals surface area contributed by atoms with Crippen molar-refractivity contribution in [1.82, 2.24) is 15.1 Å². The maximum absolute atomic E-state index is 12.9. The first-order chi connectivity index (χ1) is 13.2. The first kappa shape index (κ1) is 23.1.